The number of hydrogen-bond donors (Lipinski definition) is 1. The number of amides is 1. The van der Waals surface area contributed by atoms with Crippen molar-refractivity contribution in [2.45, 2.75) is 31.3 Å². The second-order valence-electron chi connectivity index (χ2n) is 4.85. The quantitative estimate of drug-likeness (QED) is 0.830. The number of carbonyl (C=O) groups excluding carboxylic acids is 1. The van der Waals surface area contributed by atoms with E-state index in [2.05, 4.69) is 46.8 Å². The third-order valence-corrected chi connectivity index (χ3v) is 4.30. The third-order valence-electron chi connectivity index (χ3n) is 3.29. The molecule has 1 unspecified atom stereocenters. The molecule has 0 fully saturated rings. The maximum absolute atomic E-state index is 11.9. The Morgan fingerprint density at radius 2 is 2.10 bits per heavy atom. The van der Waals surface area contributed by atoms with Crippen molar-refractivity contribution in [3.63, 3.8) is 0 Å². The first kappa shape index (κ1) is 15.5. The lowest BCUT2D eigenvalue weighted by atomic mass is 9.99. The first-order chi connectivity index (χ1) is 10.1. The smallest absolute Gasteiger partial charge is 0.234 e. The minimum absolute atomic E-state index is 0.0701. The Kier molecular flexibility index (Phi) is 5.32. The van der Waals surface area contributed by atoms with E-state index in [1.54, 1.807) is 11.7 Å². The number of rotatable bonds is 6. The SMILES string of the molecule is CCC(C)c1ccc(NC(=O)CSc2nnnn2C)cc1. The number of nitrogens with one attached hydrogen (secondary N) is 1. The second-order valence-corrected chi connectivity index (χ2v) is 5.80. The lowest BCUT2D eigenvalue weighted by Crippen LogP contribution is -2.14. The molecule has 2 aromatic rings. The van der Waals surface area contributed by atoms with E-state index in [0.29, 0.717) is 11.1 Å². The van der Waals surface area contributed by atoms with Gasteiger partial charge in [-0.1, -0.05) is 37.7 Å². The van der Waals surface area contributed by atoms with Gasteiger partial charge in [-0.15, -0.1) is 5.10 Å². The average molecular weight is 305 g/mol. The van der Waals surface area contributed by atoms with E-state index in [9.17, 15) is 4.79 Å². The minimum Gasteiger partial charge on any atom is -0.325 e. The molecule has 0 aliphatic heterocycles. The van der Waals surface area contributed by atoms with Gasteiger partial charge >= 0.3 is 0 Å². The van der Waals surface area contributed by atoms with E-state index >= 15 is 0 Å². The molecule has 0 radical (unpaired) electrons. The zero-order valence-electron chi connectivity index (χ0n) is 12.4. The summed E-state index contributed by atoms with van der Waals surface area (Å²) in [6.07, 6.45) is 1.11. The normalized spacial score (nSPS) is 12.1. The molecule has 1 heterocycles. The van der Waals surface area contributed by atoms with Crippen molar-refractivity contribution >= 4 is 23.4 Å². The van der Waals surface area contributed by atoms with E-state index in [-0.39, 0.29) is 11.7 Å². The number of nitrogens with zero attached hydrogens (tertiary/aromatic N) is 4. The molecule has 0 aliphatic rings. The Bertz CT molecular complexity index is 596. The van der Waals surface area contributed by atoms with Crippen LogP contribution in [0, 0.1) is 0 Å². The van der Waals surface area contributed by atoms with Gasteiger partial charge in [0.05, 0.1) is 5.75 Å². The topological polar surface area (TPSA) is 72.7 Å². The molecule has 0 saturated heterocycles. The van der Waals surface area contributed by atoms with Crippen molar-refractivity contribution in [3.05, 3.63) is 29.8 Å². The second kappa shape index (κ2) is 7.21. The molecule has 2 rings (SSSR count). The van der Waals surface area contributed by atoms with Crippen LogP contribution in [0.4, 0.5) is 5.69 Å². The molecule has 1 aromatic heterocycles. The molecule has 112 valence electrons. The lowest BCUT2D eigenvalue weighted by Gasteiger charge is -2.10. The zero-order chi connectivity index (χ0) is 15.2. The standard InChI is InChI=1S/C14H19N5OS/c1-4-10(2)11-5-7-12(8-6-11)15-13(20)9-21-14-16-17-18-19(14)3/h5-8,10H,4,9H2,1-3H3,(H,15,20). The molecule has 1 N–H and O–H groups in total. The largest absolute Gasteiger partial charge is 0.325 e. The van der Waals surface area contributed by atoms with Crippen LogP contribution in [-0.4, -0.2) is 31.9 Å². The van der Waals surface area contributed by atoms with Crippen LogP contribution in [-0.2, 0) is 11.8 Å². The Hall–Kier alpha value is -1.89. The van der Waals surface area contributed by atoms with Gasteiger partial charge in [0.15, 0.2) is 0 Å². The zero-order valence-corrected chi connectivity index (χ0v) is 13.2. The van der Waals surface area contributed by atoms with Crippen LogP contribution in [0.5, 0.6) is 0 Å². The van der Waals surface area contributed by atoms with E-state index in [4.69, 9.17) is 0 Å². The summed E-state index contributed by atoms with van der Waals surface area (Å²) in [7, 11) is 1.74. The fourth-order valence-corrected chi connectivity index (χ4v) is 2.45. The number of tetrazole rings is 1. The summed E-state index contributed by atoms with van der Waals surface area (Å²) in [4.78, 5) is 11.9. The summed E-state index contributed by atoms with van der Waals surface area (Å²) >= 11 is 1.31. The highest BCUT2D eigenvalue weighted by Gasteiger charge is 2.08. The van der Waals surface area contributed by atoms with E-state index in [1.165, 1.54) is 17.3 Å². The Morgan fingerprint density at radius 3 is 2.67 bits per heavy atom. The van der Waals surface area contributed by atoms with Gasteiger partial charge in [-0.2, -0.15) is 0 Å². The van der Waals surface area contributed by atoms with Crippen LogP contribution < -0.4 is 5.32 Å². The molecule has 1 aromatic carbocycles. The molecule has 7 heteroatoms. The number of carbonyl (C=O) groups is 1. The van der Waals surface area contributed by atoms with Gasteiger partial charge < -0.3 is 5.32 Å². The highest BCUT2D eigenvalue weighted by Crippen LogP contribution is 2.20. The monoisotopic (exact) mass is 305 g/mol. The van der Waals surface area contributed by atoms with Gasteiger partial charge in [0.1, 0.15) is 0 Å². The maximum Gasteiger partial charge on any atom is 0.234 e. The van der Waals surface area contributed by atoms with Gasteiger partial charge in [0.25, 0.3) is 0 Å². The molecule has 1 amide bonds. The summed E-state index contributed by atoms with van der Waals surface area (Å²) in [5.74, 6) is 0.745. The molecule has 21 heavy (non-hydrogen) atoms. The third kappa shape index (κ3) is 4.29. The molecular formula is C14H19N5OS. The number of aromatic nitrogens is 4. The van der Waals surface area contributed by atoms with Gasteiger partial charge in [0.2, 0.25) is 11.1 Å². The highest BCUT2D eigenvalue weighted by atomic mass is 32.2. The minimum atomic E-state index is -0.0701. The van der Waals surface area contributed by atoms with Crippen LogP contribution in [0.15, 0.2) is 29.4 Å². The van der Waals surface area contributed by atoms with Crippen molar-refractivity contribution in [1.29, 1.82) is 0 Å². The molecule has 0 saturated carbocycles. The molecule has 0 aliphatic carbocycles. The average Bonchev–Trinajstić information content (AvgIpc) is 2.90. The number of hydrogen-bond acceptors (Lipinski definition) is 5. The Morgan fingerprint density at radius 1 is 1.38 bits per heavy atom. The number of benzene rings is 1. The van der Waals surface area contributed by atoms with Crippen LogP contribution in [0.25, 0.3) is 0 Å². The number of thioether (sulfide) groups is 1. The Labute approximate surface area is 128 Å². The molecule has 1 atom stereocenters. The fraction of sp³-hybridized carbons (Fsp3) is 0.429. The predicted molar refractivity (Wildman–Crippen MR) is 83.3 cm³/mol. The molecule has 0 spiro atoms. The van der Waals surface area contributed by atoms with Gasteiger partial charge in [-0.05, 0) is 40.5 Å². The number of aryl methyl sites for hydroxylation is 1. The van der Waals surface area contributed by atoms with Gasteiger partial charge in [-0.3, -0.25) is 4.79 Å². The fourth-order valence-electron chi connectivity index (χ4n) is 1.80. The maximum atomic E-state index is 11.9. The molecular weight excluding hydrogens is 286 g/mol. The molecule has 0 bridgehead atoms. The van der Waals surface area contributed by atoms with Crippen molar-refractivity contribution in [2.75, 3.05) is 11.1 Å². The van der Waals surface area contributed by atoms with Crippen LogP contribution in [0.3, 0.4) is 0 Å². The summed E-state index contributed by atoms with van der Waals surface area (Å²) in [6, 6.07) is 7.99. The van der Waals surface area contributed by atoms with Crippen LogP contribution in [0.2, 0.25) is 0 Å². The summed E-state index contributed by atoms with van der Waals surface area (Å²) in [5, 5.41) is 14.6. The highest BCUT2D eigenvalue weighted by molar-refractivity contribution is 7.99. The van der Waals surface area contributed by atoms with Gasteiger partial charge in [-0.25, -0.2) is 4.68 Å². The summed E-state index contributed by atoms with van der Waals surface area (Å²) in [5.41, 5.74) is 2.10. The Balaban J connectivity index is 1.86. The summed E-state index contributed by atoms with van der Waals surface area (Å²) < 4.78 is 1.54. The summed E-state index contributed by atoms with van der Waals surface area (Å²) in [6.45, 7) is 4.36. The van der Waals surface area contributed by atoms with E-state index in [1.807, 2.05) is 12.1 Å². The molecule has 6 nitrogen and oxygen atoms in total. The van der Waals surface area contributed by atoms with Crippen molar-refractivity contribution in [1.82, 2.24) is 20.2 Å². The van der Waals surface area contributed by atoms with Crippen molar-refractivity contribution < 1.29 is 4.79 Å². The first-order valence-electron chi connectivity index (χ1n) is 6.85. The van der Waals surface area contributed by atoms with Gasteiger partial charge in [0, 0.05) is 12.7 Å². The van der Waals surface area contributed by atoms with Crippen molar-refractivity contribution in [3.8, 4) is 0 Å². The number of anilines is 1. The van der Waals surface area contributed by atoms with E-state index < -0.39 is 0 Å². The van der Waals surface area contributed by atoms with Crippen molar-refractivity contribution in [2.24, 2.45) is 7.05 Å². The van der Waals surface area contributed by atoms with Crippen LogP contribution in [0.1, 0.15) is 31.7 Å². The van der Waals surface area contributed by atoms with E-state index in [0.717, 1.165) is 12.1 Å². The lowest BCUT2D eigenvalue weighted by molar-refractivity contribution is -0.113. The predicted octanol–water partition coefficient (Wildman–Crippen LogP) is 2.45. The van der Waals surface area contributed by atoms with Crippen LogP contribution >= 0.6 is 11.8 Å². The first-order valence-corrected chi connectivity index (χ1v) is 7.83.